The molecule has 0 aliphatic rings. The van der Waals surface area contributed by atoms with Crippen molar-refractivity contribution in [2.45, 2.75) is 13.5 Å². The summed E-state index contributed by atoms with van der Waals surface area (Å²) < 4.78 is 8.79. The Morgan fingerprint density at radius 3 is 2.64 bits per heavy atom. The van der Waals surface area contributed by atoms with E-state index in [1.54, 1.807) is 37.4 Å². The van der Waals surface area contributed by atoms with Gasteiger partial charge >= 0.3 is 0 Å². The van der Waals surface area contributed by atoms with E-state index in [2.05, 4.69) is 48.6 Å². The highest BCUT2D eigenvalue weighted by Gasteiger charge is 2.09. The van der Waals surface area contributed by atoms with Crippen LogP contribution in [0.4, 0.5) is 5.69 Å². The van der Waals surface area contributed by atoms with Crippen molar-refractivity contribution in [1.29, 1.82) is 0 Å². The van der Waals surface area contributed by atoms with Gasteiger partial charge < -0.3 is 4.74 Å². The number of nitro groups is 1. The van der Waals surface area contributed by atoms with E-state index in [0.717, 1.165) is 19.2 Å². The third kappa shape index (κ3) is 5.28. The van der Waals surface area contributed by atoms with E-state index >= 15 is 0 Å². The minimum Gasteiger partial charge on any atom is -0.488 e. The van der Waals surface area contributed by atoms with Crippen molar-refractivity contribution in [1.82, 2.24) is 9.66 Å². The Kier molecular flexibility index (Phi) is 6.84. The molecule has 33 heavy (non-hydrogen) atoms. The zero-order valence-electron chi connectivity index (χ0n) is 17.2. The van der Waals surface area contributed by atoms with Gasteiger partial charge in [0.1, 0.15) is 18.2 Å². The number of ether oxygens (including phenoxy) is 1. The van der Waals surface area contributed by atoms with Crippen molar-refractivity contribution in [3.8, 4) is 5.75 Å². The van der Waals surface area contributed by atoms with E-state index in [1.807, 2.05) is 24.3 Å². The van der Waals surface area contributed by atoms with Crippen LogP contribution in [0.2, 0.25) is 0 Å². The Labute approximate surface area is 210 Å². The lowest BCUT2D eigenvalue weighted by Gasteiger charge is -2.09. The highest BCUT2D eigenvalue weighted by molar-refractivity contribution is 14.1. The van der Waals surface area contributed by atoms with Crippen LogP contribution in [0, 0.1) is 20.6 Å². The lowest BCUT2D eigenvalue weighted by Crippen LogP contribution is -2.20. The monoisotopic (exact) mass is 618 g/mol. The predicted molar refractivity (Wildman–Crippen MR) is 138 cm³/mol. The molecule has 0 radical (unpaired) electrons. The third-order valence-electron chi connectivity index (χ3n) is 4.79. The van der Waals surface area contributed by atoms with Crippen LogP contribution in [0.25, 0.3) is 10.9 Å². The van der Waals surface area contributed by atoms with E-state index in [0.29, 0.717) is 22.5 Å². The van der Waals surface area contributed by atoms with Gasteiger partial charge in [-0.1, -0.05) is 15.9 Å². The SMILES string of the molecule is Cc1nc2ccc(Br)cc2c(=O)n1N=Cc1ccc(OCc2ccc([N+](=O)[O-])cc2)c(I)c1. The number of rotatable bonds is 6. The lowest BCUT2D eigenvalue weighted by atomic mass is 10.2. The van der Waals surface area contributed by atoms with E-state index in [1.165, 1.54) is 16.8 Å². The van der Waals surface area contributed by atoms with Gasteiger partial charge in [0, 0.05) is 16.6 Å². The van der Waals surface area contributed by atoms with Crippen LogP contribution in [-0.4, -0.2) is 20.8 Å². The molecule has 1 aromatic heterocycles. The molecule has 0 N–H and O–H groups in total. The first-order valence-corrected chi connectivity index (χ1v) is 11.6. The number of benzene rings is 3. The summed E-state index contributed by atoms with van der Waals surface area (Å²) in [5.74, 6) is 1.17. The Morgan fingerprint density at radius 2 is 1.94 bits per heavy atom. The van der Waals surface area contributed by atoms with Crippen LogP contribution in [0.5, 0.6) is 5.75 Å². The molecular weight excluding hydrogens is 603 g/mol. The van der Waals surface area contributed by atoms with Crippen molar-refractivity contribution in [2.24, 2.45) is 5.10 Å². The number of halogens is 2. The van der Waals surface area contributed by atoms with Crippen molar-refractivity contribution >= 4 is 61.3 Å². The van der Waals surface area contributed by atoms with Gasteiger partial charge in [-0.05, 0) is 89.2 Å². The summed E-state index contributed by atoms with van der Waals surface area (Å²) in [6.07, 6.45) is 1.60. The molecule has 0 saturated carbocycles. The van der Waals surface area contributed by atoms with Crippen molar-refractivity contribution in [2.75, 3.05) is 0 Å². The molecule has 4 rings (SSSR count). The number of aromatic nitrogens is 2. The second-order valence-electron chi connectivity index (χ2n) is 7.08. The van der Waals surface area contributed by atoms with Gasteiger partial charge in [0.05, 0.1) is 25.6 Å². The fourth-order valence-corrected chi connectivity index (χ4v) is 4.17. The van der Waals surface area contributed by atoms with Crippen molar-refractivity contribution < 1.29 is 9.66 Å². The molecule has 1 heterocycles. The summed E-state index contributed by atoms with van der Waals surface area (Å²) in [5, 5.41) is 15.6. The van der Waals surface area contributed by atoms with E-state index in [4.69, 9.17) is 4.74 Å². The van der Waals surface area contributed by atoms with Crippen LogP contribution in [0.1, 0.15) is 17.0 Å². The molecule has 166 valence electrons. The first kappa shape index (κ1) is 23.1. The van der Waals surface area contributed by atoms with Gasteiger partial charge in [-0.15, -0.1) is 0 Å². The van der Waals surface area contributed by atoms with Gasteiger partial charge in [0.15, 0.2) is 0 Å². The zero-order chi connectivity index (χ0) is 23.5. The van der Waals surface area contributed by atoms with Gasteiger partial charge in [0.25, 0.3) is 11.2 Å². The Hall–Kier alpha value is -3.12. The Balaban J connectivity index is 1.51. The van der Waals surface area contributed by atoms with Crippen molar-refractivity contribution in [3.05, 3.63) is 106 Å². The smallest absolute Gasteiger partial charge is 0.282 e. The molecule has 4 aromatic rings. The van der Waals surface area contributed by atoms with Crippen molar-refractivity contribution in [3.63, 3.8) is 0 Å². The standard InChI is InChI=1S/C23H16BrIN4O4/c1-14-27-21-8-5-17(24)11-19(21)23(30)28(14)26-12-16-4-9-22(20(25)10-16)33-13-15-2-6-18(7-3-15)29(31)32/h2-12H,13H2,1H3. The minimum absolute atomic E-state index is 0.0422. The van der Waals surface area contributed by atoms with Gasteiger partial charge in [0.2, 0.25) is 0 Å². The average molecular weight is 619 g/mol. The molecule has 0 unspecified atom stereocenters. The Bertz CT molecular complexity index is 1450. The summed E-state index contributed by atoms with van der Waals surface area (Å²) in [4.78, 5) is 27.6. The maximum absolute atomic E-state index is 12.9. The highest BCUT2D eigenvalue weighted by atomic mass is 127. The van der Waals surface area contributed by atoms with Crippen LogP contribution in [-0.2, 0) is 6.61 Å². The normalized spacial score (nSPS) is 11.2. The van der Waals surface area contributed by atoms with Crippen LogP contribution < -0.4 is 10.3 Å². The first-order chi connectivity index (χ1) is 15.8. The van der Waals surface area contributed by atoms with E-state index in [9.17, 15) is 14.9 Å². The summed E-state index contributed by atoms with van der Waals surface area (Å²) >= 11 is 5.55. The number of nitro benzene ring substituents is 1. The fraction of sp³-hybridized carbons (Fsp3) is 0.0870. The summed E-state index contributed by atoms with van der Waals surface area (Å²) in [7, 11) is 0. The van der Waals surface area contributed by atoms with Crippen LogP contribution in [0.15, 0.2) is 75.0 Å². The van der Waals surface area contributed by atoms with Crippen LogP contribution >= 0.6 is 38.5 Å². The number of nitrogens with zero attached hydrogens (tertiary/aromatic N) is 4. The molecule has 10 heteroatoms. The summed E-state index contributed by atoms with van der Waals surface area (Å²) in [6.45, 7) is 2.02. The summed E-state index contributed by atoms with van der Waals surface area (Å²) in [6, 6.07) is 17.2. The number of fused-ring (bicyclic) bond motifs is 1. The largest absolute Gasteiger partial charge is 0.488 e. The molecule has 3 aromatic carbocycles. The molecule has 0 spiro atoms. The minimum atomic E-state index is -0.434. The van der Waals surface area contributed by atoms with Gasteiger partial charge in [-0.25, -0.2) is 4.98 Å². The maximum Gasteiger partial charge on any atom is 0.282 e. The molecule has 0 amide bonds. The molecule has 0 saturated heterocycles. The fourth-order valence-electron chi connectivity index (χ4n) is 3.11. The number of hydrogen-bond donors (Lipinski definition) is 0. The molecule has 8 nitrogen and oxygen atoms in total. The highest BCUT2D eigenvalue weighted by Crippen LogP contribution is 2.23. The molecule has 0 atom stereocenters. The van der Waals surface area contributed by atoms with E-state index in [-0.39, 0.29) is 17.9 Å². The molecular formula is C23H16BrIN4O4. The molecule has 0 aliphatic heterocycles. The number of non-ortho nitro benzene ring substituents is 1. The predicted octanol–water partition coefficient (Wildman–Crippen LogP) is 5.44. The van der Waals surface area contributed by atoms with E-state index < -0.39 is 4.92 Å². The molecule has 0 bridgehead atoms. The summed E-state index contributed by atoms with van der Waals surface area (Å²) in [5.41, 5.74) is 2.04. The molecule has 0 aliphatic carbocycles. The Morgan fingerprint density at radius 1 is 1.18 bits per heavy atom. The maximum atomic E-state index is 12.9. The average Bonchev–Trinajstić information content (AvgIpc) is 2.79. The van der Waals surface area contributed by atoms with Gasteiger partial charge in [-0.3, -0.25) is 14.9 Å². The van der Waals surface area contributed by atoms with Gasteiger partial charge in [-0.2, -0.15) is 9.78 Å². The number of hydrogen-bond acceptors (Lipinski definition) is 6. The first-order valence-electron chi connectivity index (χ1n) is 9.71. The van der Waals surface area contributed by atoms with Crippen LogP contribution in [0.3, 0.4) is 0 Å². The third-order valence-corrected chi connectivity index (χ3v) is 6.13. The second kappa shape index (κ2) is 9.79. The quantitative estimate of drug-likeness (QED) is 0.124. The lowest BCUT2D eigenvalue weighted by molar-refractivity contribution is -0.384. The zero-order valence-corrected chi connectivity index (χ0v) is 21.0. The topological polar surface area (TPSA) is 99.6 Å². The number of aryl methyl sites for hydroxylation is 1. The molecule has 0 fully saturated rings. The second-order valence-corrected chi connectivity index (χ2v) is 9.16.